The van der Waals surface area contributed by atoms with Crippen LogP contribution in [0.4, 0.5) is 0 Å². The van der Waals surface area contributed by atoms with Crippen LogP contribution in [0.5, 0.6) is 5.75 Å². The van der Waals surface area contributed by atoms with Crippen LogP contribution in [0, 0.1) is 0 Å². The van der Waals surface area contributed by atoms with E-state index in [1.807, 2.05) is 36.6 Å². The van der Waals surface area contributed by atoms with Crippen LogP contribution in [0.25, 0.3) is 11.3 Å². The molecule has 94 valence electrons. The fraction of sp³-hybridized carbons (Fsp3) is 0.231. The summed E-state index contributed by atoms with van der Waals surface area (Å²) in [6, 6.07) is 7.63. The highest BCUT2D eigenvalue weighted by Crippen LogP contribution is 2.24. The van der Waals surface area contributed by atoms with Gasteiger partial charge in [-0.3, -0.25) is 4.79 Å². The molecule has 0 aliphatic rings. The largest absolute Gasteiger partial charge is 0.494 e. The molecule has 5 heteroatoms. The first-order valence-corrected chi connectivity index (χ1v) is 6.94. The Morgan fingerprint density at radius 3 is 2.72 bits per heavy atom. The number of thiazole rings is 1. The highest BCUT2D eigenvalue weighted by molar-refractivity contribution is 7.12. The van der Waals surface area contributed by atoms with Crippen molar-refractivity contribution in [1.82, 2.24) is 4.98 Å². The van der Waals surface area contributed by atoms with E-state index in [1.165, 1.54) is 11.3 Å². The van der Waals surface area contributed by atoms with Crippen LogP contribution in [-0.2, 0) is 0 Å². The maximum Gasteiger partial charge on any atom is 0.206 e. The number of alkyl halides is 1. The Morgan fingerprint density at radius 2 is 2.11 bits per heavy atom. The van der Waals surface area contributed by atoms with E-state index in [0.717, 1.165) is 17.0 Å². The molecule has 0 fully saturated rings. The third-order valence-corrected chi connectivity index (χ3v) is 3.45. The molecule has 0 radical (unpaired) electrons. The third kappa shape index (κ3) is 2.89. The standard InChI is InChI=1S/C13H12ClNO2S/c1-2-17-10-5-3-9(4-6-10)11-8-18-13(15-11)12(16)7-14/h3-6,8H,2,7H2,1H3. The summed E-state index contributed by atoms with van der Waals surface area (Å²) in [6.45, 7) is 2.59. The topological polar surface area (TPSA) is 39.2 Å². The number of ether oxygens (including phenoxy) is 1. The summed E-state index contributed by atoms with van der Waals surface area (Å²) in [5.41, 5.74) is 1.75. The SMILES string of the molecule is CCOc1ccc(-c2csc(C(=O)CCl)n2)cc1. The second kappa shape index (κ2) is 5.98. The summed E-state index contributed by atoms with van der Waals surface area (Å²) in [6.07, 6.45) is 0. The van der Waals surface area contributed by atoms with E-state index in [9.17, 15) is 4.79 Å². The van der Waals surface area contributed by atoms with Crippen molar-refractivity contribution in [3.05, 3.63) is 34.7 Å². The van der Waals surface area contributed by atoms with Gasteiger partial charge in [-0.05, 0) is 31.2 Å². The number of rotatable bonds is 5. The van der Waals surface area contributed by atoms with E-state index in [2.05, 4.69) is 4.98 Å². The first-order chi connectivity index (χ1) is 8.74. The van der Waals surface area contributed by atoms with Gasteiger partial charge < -0.3 is 4.74 Å². The smallest absolute Gasteiger partial charge is 0.206 e. The Balaban J connectivity index is 2.20. The molecule has 0 saturated heterocycles. The average Bonchev–Trinajstić information content (AvgIpc) is 2.89. The summed E-state index contributed by atoms with van der Waals surface area (Å²) in [5, 5.41) is 2.31. The number of Topliss-reactive ketones (excluding diaryl/α,β-unsaturated/α-hetero) is 1. The molecule has 0 bridgehead atoms. The summed E-state index contributed by atoms with van der Waals surface area (Å²) in [7, 11) is 0. The van der Waals surface area contributed by atoms with Crippen molar-refractivity contribution < 1.29 is 9.53 Å². The van der Waals surface area contributed by atoms with Crippen molar-refractivity contribution in [2.75, 3.05) is 12.5 Å². The van der Waals surface area contributed by atoms with Crippen molar-refractivity contribution in [3.8, 4) is 17.0 Å². The van der Waals surface area contributed by atoms with Crippen molar-refractivity contribution in [3.63, 3.8) is 0 Å². The minimum absolute atomic E-state index is 0.0315. The first-order valence-electron chi connectivity index (χ1n) is 5.52. The molecule has 2 aromatic rings. The number of benzene rings is 1. The lowest BCUT2D eigenvalue weighted by molar-refractivity contribution is 0.102. The Hall–Kier alpha value is -1.39. The van der Waals surface area contributed by atoms with Crippen LogP contribution in [0.3, 0.4) is 0 Å². The molecule has 0 aliphatic carbocycles. The predicted molar refractivity (Wildman–Crippen MR) is 73.8 cm³/mol. The number of halogens is 1. The highest BCUT2D eigenvalue weighted by Gasteiger charge is 2.10. The molecule has 0 N–H and O–H groups in total. The first kappa shape index (κ1) is 13.1. The van der Waals surface area contributed by atoms with Crippen LogP contribution in [-0.4, -0.2) is 23.3 Å². The van der Waals surface area contributed by atoms with Gasteiger partial charge in [-0.2, -0.15) is 0 Å². The molecule has 2 rings (SSSR count). The summed E-state index contributed by atoms with van der Waals surface area (Å²) in [4.78, 5) is 15.7. The second-order valence-electron chi connectivity index (χ2n) is 3.55. The number of carbonyl (C=O) groups is 1. The Bertz CT molecular complexity index is 536. The number of carbonyl (C=O) groups excluding carboxylic acids is 1. The predicted octanol–water partition coefficient (Wildman–Crippen LogP) is 3.63. The monoisotopic (exact) mass is 281 g/mol. The molecule has 0 spiro atoms. The lowest BCUT2D eigenvalue weighted by atomic mass is 10.2. The minimum atomic E-state index is -0.140. The highest BCUT2D eigenvalue weighted by atomic mass is 35.5. The van der Waals surface area contributed by atoms with Gasteiger partial charge in [0.1, 0.15) is 5.75 Å². The number of aromatic nitrogens is 1. The summed E-state index contributed by atoms with van der Waals surface area (Å²) in [5.74, 6) is 0.656. The summed E-state index contributed by atoms with van der Waals surface area (Å²) >= 11 is 6.81. The van der Waals surface area contributed by atoms with Gasteiger partial charge in [-0.1, -0.05) is 0 Å². The van der Waals surface area contributed by atoms with Gasteiger partial charge in [0, 0.05) is 10.9 Å². The van der Waals surface area contributed by atoms with Crippen LogP contribution in [0.15, 0.2) is 29.6 Å². The molecule has 0 unspecified atom stereocenters. The third-order valence-electron chi connectivity index (χ3n) is 2.33. The Kier molecular flexibility index (Phi) is 4.33. The number of nitrogens with zero attached hydrogens (tertiary/aromatic N) is 1. The van der Waals surface area contributed by atoms with E-state index >= 15 is 0 Å². The second-order valence-corrected chi connectivity index (χ2v) is 4.68. The summed E-state index contributed by atoms with van der Waals surface area (Å²) < 4.78 is 5.37. The van der Waals surface area contributed by atoms with Crippen molar-refractivity contribution >= 4 is 28.7 Å². The van der Waals surface area contributed by atoms with Crippen molar-refractivity contribution in [2.45, 2.75) is 6.92 Å². The molecule has 3 nitrogen and oxygen atoms in total. The molecule has 0 atom stereocenters. The zero-order valence-electron chi connectivity index (χ0n) is 9.85. The van der Waals surface area contributed by atoms with Gasteiger partial charge >= 0.3 is 0 Å². The number of ketones is 1. The van der Waals surface area contributed by atoms with Gasteiger partial charge in [0.05, 0.1) is 18.2 Å². The van der Waals surface area contributed by atoms with Crippen LogP contribution >= 0.6 is 22.9 Å². The van der Waals surface area contributed by atoms with E-state index in [4.69, 9.17) is 16.3 Å². The fourth-order valence-corrected chi connectivity index (χ4v) is 2.45. The number of hydrogen-bond acceptors (Lipinski definition) is 4. The normalized spacial score (nSPS) is 10.3. The molecule has 1 aromatic carbocycles. The maximum atomic E-state index is 11.4. The zero-order chi connectivity index (χ0) is 13.0. The molecule has 18 heavy (non-hydrogen) atoms. The van der Waals surface area contributed by atoms with Crippen molar-refractivity contribution in [2.24, 2.45) is 0 Å². The quantitative estimate of drug-likeness (QED) is 0.620. The average molecular weight is 282 g/mol. The molecule has 0 aliphatic heterocycles. The van der Waals surface area contributed by atoms with Crippen LogP contribution < -0.4 is 4.74 Å². The van der Waals surface area contributed by atoms with Crippen LogP contribution in [0.1, 0.15) is 16.7 Å². The zero-order valence-corrected chi connectivity index (χ0v) is 11.4. The molecular weight excluding hydrogens is 270 g/mol. The molecule has 1 heterocycles. The fourth-order valence-electron chi connectivity index (χ4n) is 1.48. The molecular formula is C13H12ClNO2S. The lowest BCUT2D eigenvalue weighted by Crippen LogP contribution is -1.98. The molecule has 0 amide bonds. The lowest BCUT2D eigenvalue weighted by Gasteiger charge is -2.03. The number of hydrogen-bond donors (Lipinski definition) is 0. The van der Waals surface area contributed by atoms with Gasteiger partial charge in [-0.15, -0.1) is 22.9 Å². The van der Waals surface area contributed by atoms with E-state index in [0.29, 0.717) is 11.6 Å². The van der Waals surface area contributed by atoms with E-state index < -0.39 is 0 Å². The van der Waals surface area contributed by atoms with E-state index in [1.54, 1.807) is 0 Å². The Morgan fingerprint density at radius 1 is 1.39 bits per heavy atom. The van der Waals surface area contributed by atoms with Crippen molar-refractivity contribution in [1.29, 1.82) is 0 Å². The van der Waals surface area contributed by atoms with Crippen LogP contribution in [0.2, 0.25) is 0 Å². The maximum absolute atomic E-state index is 11.4. The van der Waals surface area contributed by atoms with Gasteiger partial charge in [0.15, 0.2) is 5.01 Å². The van der Waals surface area contributed by atoms with Gasteiger partial charge in [0.25, 0.3) is 0 Å². The molecule has 1 aromatic heterocycles. The van der Waals surface area contributed by atoms with Gasteiger partial charge in [0.2, 0.25) is 5.78 Å². The Labute approximate surface area is 114 Å². The minimum Gasteiger partial charge on any atom is -0.494 e. The van der Waals surface area contributed by atoms with Gasteiger partial charge in [-0.25, -0.2) is 4.98 Å². The van der Waals surface area contributed by atoms with E-state index in [-0.39, 0.29) is 11.7 Å². The molecule has 0 saturated carbocycles.